The van der Waals surface area contributed by atoms with E-state index in [1.54, 1.807) is 26.4 Å². The predicted molar refractivity (Wildman–Crippen MR) is 114 cm³/mol. The number of methoxy groups -OCH3 is 2. The second-order valence-electron chi connectivity index (χ2n) is 7.74. The summed E-state index contributed by atoms with van der Waals surface area (Å²) >= 11 is 0. The van der Waals surface area contributed by atoms with Crippen molar-refractivity contribution in [3.8, 4) is 23.0 Å². The minimum Gasteiger partial charge on any atom is -0.504 e. The van der Waals surface area contributed by atoms with Crippen LogP contribution in [-0.2, 0) is 0 Å². The topological polar surface area (TPSA) is 58.9 Å². The van der Waals surface area contributed by atoms with Crippen molar-refractivity contribution in [2.24, 2.45) is 11.8 Å². The average molecular weight is 387 g/mol. The van der Waals surface area contributed by atoms with E-state index in [1.807, 2.05) is 24.3 Å². The highest BCUT2D eigenvalue weighted by atomic mass is 16.5. The molecule has 0 spiro atoms. The van der Waals surface area contributed by atoms with E-state index in [-0.39, 0.29) is 17.4 Å². The van der Waals surface area contributed by atoms with E-state index in [0.29, 0.717) is 23.3 Å². The van der Waals surface area contributed by atoms with Crippen molar-refractivity contribution in [3.63, 3.8) is 0 Å². The summed E-state index contributed by atoms with van der Waals surface area (Å²) in [6.45, 7) is 6.75. The van der Waals surface area contributed by atoms with Gasteiger partial charge in [0.1, 0.15) is 0 Å². The molecule has 28 heavy (non-hydrogen) atoms. The van der Waals surface area contributed by atoms with E-state index >= 15 is 0 Å². The maximum absolute atomic E-state index is 10.0. The summed E-state index contributed by atoms with van der Waals surface area (Å²) in [7, 11) is 3.14. The van der Waals surface area contributed by atoms with Gasteiger partial charge in [-0.05, 0) is 53.6 Å². The zero-order valence-electron chi connectivity index (χ0n) is 17.7. The number of unbranched alkanes of at least 4 members (excludes halogenated alkanes) is 2. The van der Waals surface area contributed by atoms with Gasteiger partial charge in [-0.2, -0.15) is 0 Å². The lowest BCUT2D eigenvalue weighted by atomic mass is 9.73. The van der Waals surface area contributed by atoms with E-state index in [0.717, 1.165) is 17.5 Å². The smallest absolute Gasteiger partial charge is 0.160 e. The first-order valence-electron chi connectivity index (χ1n) is 10.2. The normalized spacial score (nSPS) is 12.4. The summed E-state index contributed by atoms with van der Waals surface area (Å²) in [6, 6.07) is 11.2. The summed E-state index contributed by atoms with van der Waals surface area (Å²) in [6.07, 6.45) is 4.70. The van der Waals surface area contributed by atoms with Crippen molar-refractivity contribution in [2.45, 2.75) is 52.4 Å². The van der Waals surface area contributed by atoms with Gasteiger partial charge in [0.2, 0.25) is 0 Å². The summed E-state index contributed by atoms with van der Waals surface area (Å²) in [5.74, 6) is 2.23. The minimum atomic E-state index is 0.112. The Morgan fingerprint density at radius 3 is 1.71 bits per heavy atom. The number of rotatable bonds is 10. The lowest BCUT2D eigenvalue weighted by Crippen LogP contribution is -2.20. The molecule has 4 heteroatoms. The van der Waals surface area contributed by atoms with Gasteiger partial charge in [0.15, 0.2) is 23.0 Å². The van der Waals surface area contributed by atoms with Crippen LogP contribution in [-0.4, -0.2) is 24.4 Å². The van der Waals surface area contributed by atoms with Crippen molar-refractivity contribution >= 4 is 0 Å². The molecule has 2 N–H and O–H groups in total. The SMILES string of the molecule is CCCCC[C@H](C(C)C)C(c1ccc(O)c(OC)c1)c1ccc(O)c(OC)c1. The summed E-state index contributed by atoms with van der Waals surface area (Å²) in [5, 5.41) is 20.1. The first-order valence-corrected chi connectivity index (χ1v) is 10.2. The fraction of sp³-hybridized carbons (Fsp3) is 0.500. The second kappa shape index (κ2) is 10.3. The van der Waals surface area contributed by atoms with Crippen LogP contribution in [0.1, 0.15) is 63.5 Å². The number of ether oxygens (including phenoxy) is 2. The molecule has 0 aliphatic heterocycles. The first kappa shape index (κ1) is 21.9. The van der Waals surface area contributed by atoms with Crippen LogP contribution in [0.15, 0.2) is 36.4 Å². The van der Waals surface area contributed by atoms with Crippen molar-refractivity contribution in [1.29, 1.82) is 0 Å². The number of aromatic hydroxyl groups is 2. The Hall–Kier alpha value is -2.36. The highest BCUT2D eigenvalue weighted by Gasteiger charge is 2.28. The van der Waals surface area contributed by atoms with Gasteiger partial charge >= 0.3 is 0 Å². The number of hydrogen-bond donors (Lipinski definition) is 2. The summed E-state index contributed by atoms with van der Waals surface area (Å²) in [5.41, 5.74) is 2.19. The Kier molecular flexibility index (Phi) is 8.04. The molecule has 154 valence electrons. The Bertz CT molecular complexity index is 701. The molecule has 4 nitrogen and oxygen atoms in total. The third-order valence-corrected chi connectivity index (χ3v) is 5.55. The molecule has 0 saturated heterocycles. The zero-order valence-corrected chi connectivity index (χ0v) is 17.7. The number of benzene rings is 2. The minimum absolute atomic E-state index is 0.112. The molecule has 0 amide bonds. The zero-order chi connectivity index (χ0) is 20.7. The van der Waals surface area contributed by atoms with Crippen LogP contribution in [0.3, 0.4) is 0 Å². The first-order chi connectivity index (χ1) is 13.4. The van der Waals surface area contributed by atoms with Crippen LogP contribution in [0.4, 0.5) is 0 Å². The van der Waals surface area contributed by atoms with Crippen LogP contribution in [0.25, 0.3) is 0 Å². The average Bonchev–Trinajstić information content (AvgIpc) is 2.69. The molecule has 0 bridgehead atoms. The molecule has 0 heterocycles. The molecular weight excluding hydrogens is 352 g/mol. The lowest BCUT2D eigenvalue weighted by molar-refractivity contribution is 0.310. The van der Waals surface area contributed by atoms with E-state index in [9.17, 15) is 10.2 Å². The third-order valence-electron chi connectivity index (χ3n) is 5.55. The fourth-order valence-corrected chi connectivity index (χ4v) is 3.98. The van der Waals surface area contributed by atoms with E-state index in [2.05, 4.69) is 20.8 Å². The molecule has 0 aliphatic rings. The Morgan fingerprint density at radius 2 is 1.32 bits per heavy atom. The van der Waals surface area contributed by atoms with Crippen molar-refractivity contribution < 1.29 is 19.7 Å². The standard InChI is InChI=1S/C24H34O4/c1-6-7-8-9-19(16(2)3)24(17-10-12-20(25)22(14-17)27-4)18-11-13-21(26)23(15-18)28-5/h10-16,19,24-26H,6-9H2,1-5H3/t19-/m1/s1. The summed E-state index contributed by atoms with van der Waals surface area (Å²) in [4.78, 5) is 0. The van der Waals surface area contributed by atoms with Gasteiger partial charge in [-0.25, -0.2) is 0 Å². The molecule has 1 atom stereocenters. The highest BCUT2D eigenvalue weighted by molar-refractivity contribution is 5.49. The fourth-order valence-electron chi connectivity index (χ4n) is 3.98. The Labute approximate surface area is 169 Å². The molecule has 0 radical (unpaired) electrons. The van der Waals surface area contributed by atoms with Crippen molar-refractivity contribution in [1.82, 2.24) is 0 Å². The molecule has 2 aromatic carbocycles. The van der Waals surface area contributed by atoms with Gasteiger partial charge in [-0.1, -0.05) is 52.2 Å². The van der Waals surface area contributed by atoms with E-state index in [1.165, 1.54) is 19.3 Å². The van der Waals surface area contributed by atoms with Gasteiger partial charge in [0.05, 0.1) is 14.2 Å². The largest absolute Gasteiger partial charge is 0.504 e. The molecule has 0 aliphatic carbocycles. The molecule has 0 aromatic heterocycles. The van der Waals surface area contributed by atoms with Gasteiger partial charge in [0.25, 0.3) is 0 Å². The van der Waals surface area contributed by atoms with E-state index < -0.39 is 0 Å². The second-order valence-corrected chi connectivity index (χ2v) is 7.74. The maximum Gasteiger partial charge on any atom is 0.160 e. The number of phenolic OH excluding ortho intramolecular Hbond substituents is 2. The van der Waals surface area contributed by atoms with Crippen molar-refractivity contribution in [2.75, 3.05) is 14.2 Å². The predicted octanol–water partition coefficient (Wildman–Crippen LogP) is 6.10. The van der Waals surface area contributed by atoms with Gasteiger partial charge in [-0.15, -0.1) is 0 Å². The molecule has 0 fully saturated rings. The van der Waals surface area contributed by atoms with Crippen LogP contribution in [0.2, 0.25) is 0 Å². The maximum atomic E-state index is 10.0. The summed E-state index contributed by atoms with van der Waals surface area (Å²) < 4.78 is 10.7. The number of hydrogen-bond acceptors (Lipinski definition) is 4. The van der Waals surface area contributed by atoms with E-state index in [4.69, 9.17) is 9.47 Å². The highest BCUT2D eigenvalue weighted by Crippen LogP contribution is 2.43. The number of phenols is 2. The molecule has 2 rings (SSSR count). The van der Waals surface area contributed by atoms with Gasteiger partial charge in [-0.3, -0.25) is 0 Å². The van der Waals surface area contributed by atoms with Crippen molar-refractivity contribution in [3.05, 3.63) is 47.5 Å². The molecule has 2 aromatic rings. The third kappa shape index (κ3) is 5.12. The Balaban J connectivity index is 2.56. The lowest BCUT2D eigenvalue weighted by Gasteiger charge is -2.32. The van der Waals surface area contributed by atoms with Crippen LogP contribution >= 0.6 is 0 Å². The van der Waals surface area contributed by atoms with Crippen LogP contribution in [0, 0.1) is 11.8 Å². The Morgan fingerprint density at radius 1 is 0.821 bits per heavy atom. The van der Waals surface area contributed by atoms with Crippen LogP contribution < -0.4 is 9.47 Å². The van der Waals surface area contributed by atoms with Gasteiger partial charge < -0.3 is 19.7 Å². The van der Waals surface area contributed by atoms with Crippen LogP contribution in [0.5, 0.6) is 23.0 Å². The van der Waals surface area contributed by atoms with Gasteiger partial charge in [0, 0.05) is 5.92 Å². The quantitative estimate of drug-likeness (QED) is 0.484. The molecule has 0 unspecified atom stereocenters. The molecular formula is C24H34O4. The molecule has 0 saturated carbocycles. The monoisotopic (exact) mass is 386 g/mol.